The molecule has 1 aliphatic rings. The molecular weight excluding hydrogens is 362 g/mol. The molecule has 1 aliphatic heterocycles. The number of rotatable bonds is 7. The maximum Gasteiger partial charge on any atom is 0.249 e. The summed E-state index contributed by atoms with van der Waals surface area (Å²) in [6, 6.07) is 15.6. The first kappa shape index (κ1) is 19.1. The van der Waals surface area contributed by atoms with E-state index in [9.17, 15) is 4.79 Å². The van der Waals surface area contributed by atoms with Crippen molar-refractivity contribution in [1.82, 2.24) is 14.9 Å². The Bertz CT molecular complexity index is 966. The number of carbonyl (C=O) groups is 1. The van der Waals surface area contributed by atoms with E-state index in [2.05, 4.69) is 20.2 Å². The molecule has 6 nitrogen and oxygen atoms in total. The van der Waals surface area contributed by atoms with Crippen LogP contribution in [0.4, 0.5) is 11.6 Å². The van der Waals surface area contributed by atoms with Crippen LogP contribution in [-0.2, 0) is 6.42 Å². The van der Waals surface area contributed by atoms with Gasteiger partial charge in [0.2, 0.25) is 11.9 Å². The molecule has 0 atom stereocenters. The van der Waals surface area contributed by atoms with Crippen molar-refractivity contribution in [2.24, 2.45) is 5.73 Å². The van der Waals surface area contributed by atoms with Crippen molar-refractivity contribution < 1.29 is 4.79 Å². The Morgan fingerprint density at radius 1 is 0.966 bits per heavy atom. The zero-order valence-corrected chi connectivity index (χ0v) is 16.3. The van der Waals surface area contributed by atoms with Crippen molar-refractivity contribution in [1.29, 1.82) is 0 Å². The first-order valence-electron chi connectivity index (χ1n) is 9.99. The minimum atomic E-state index is -0.412. The van der Waals surface area contributed by atoms with E-state index >= 15 is 0 Å². The SMILES string of the molecule is NC(=O)c1cccc(Nc2ncc(-c3ccccc3)cn2)c1CCN1CCCC1. The third-order valence-corrected chi connectivity index (χ3v) is 5.32. The summed E-state index contributed by atoms with van der Waals surface area (Å²) in [6.07, 6.45) is 6.83. The van der Waals surface area contributed by atoms with Crippen molar-refractivity contribution in [3.8, 4) is 11.1 Å². The van der Waals surface area contributed by atoms with E-state index in [1.54, 1.807) is 18.5 Å². The van der Waals surface area contributed by atoms with Gasteiger partial charge in [0.1, 0.15) is 0 Å². The monoisotopic (exact) mass is 387 g/mol. The lowest BCUT2D eigenvalue weighted by molar-refractivity contribution is 0.0999. The number of aromatic nitrogens is 2. The van der Waals surface area contributed by atoms with Gasteiger partial charge in [-0.3, -0.25) is 4.79 Å². The first-order chi connectivity index (χ1) is 14.2. The van der Waals surface area contributed by atoms with Gasteiger partial charge < -0.3 is 16.0 Å². The fourth-order valence-electron chi connectivity index (χ4n) is 3.77. The van der Waals surface area contributed by atoms with Crippen LogP contribution in [0.15, 0.2) is 60.9 Å². The lowest BCUT2D eigenvalue weighted by Crippen LogP contribution is -2.24. The fraction of sp³-hybridized carbons (Fsp3) is 0.261. The molecule has 0 radical (unpaired) electrons. The number of primary amides is 1. The largest absolute Gasteiger partial charge is 0.366 e. The molecule has 2 aromatic carbocycles. The van der Waals surface area contributed by atoms with Crippen molar-refractivity contribution in [2.45, 2.75) is 19.3 Å². The Labute approximate surface area is 170 Å². The number of benzene rings is 2. The molecule has 2 heterocycles. The number of anilines is 2. The van der Waals surface area contributed by atoms with Gasteiger partial charge in [-0.1, -0.05) is 36.4 Å². The number of carbonyl (C=O) groups excluding carboxylic acids is 1. The lowest BCUT2D eigenvalue weighted by atomic mass is 10.0. The lowest BCUT2D eigenvalue weighted by Gasteiger charge is -2.18. The summed E-state index contributed by atoms with van der Waals surface area (Å²) in [5.74, 6) is 0.0825. The number of nitrogens with one attached hydrogen (secondary N) is 1. The third-order valence-electron chi connectivity index (χ3n) is 5.32. The van der Waals surface area contributed by atoms with Gasteiger partial charge in [0.25, 0.3) is 0 Å². The second-order valence-electron chi connectivity index (χ2n) is 7.28. The number of amides is 1. The normalized spacial score (nSPS) is 14.1. The Morgan fingerprint density at radius 3 is 2.38 bits per heavy atom. The van der Waals surface area contributed by atoms with Gasteiger partial charge in [0.15, 0.2) is 0 Å². The number of hydrogen-bond donors (Lipinski definition) is 2. The molecule has 3 aromatic rings. The van der Waals surface area contributed by atoms with Gasteiger partial charge in [-0.25, -0.2) is 9.97 Å². The molecule has 0 spiro atoms. The maximum absolute atomic E-state index is 12.0. The van der Waals surface area contributed by atoms with Gasteiger partial charge in [-0.2, -0.15) is 0 Å². The van der Waals surface area contributed by atoms with Crippen molar-refractivity contribution >= 4 is 17.5 Å². The van der Waals surface area contributed by atoms with E-state index in [1.807, 2.05) is 42.5 Å². The zero-order valence-electron chi connectivity index (χ0n) is 16.3. The standard InChI is InChI=1S/C23H25N5O/c24-22(29)20-9-6-10-21(19(20)11-14-28-12-4-5-13-28)27-23-25-15-18(16-26-23)17-7-2-1-3-8-17/h1-3,6-10,15-16H,4-5,11-14H2,(H2,24,29)(H,25,26,27). The van der Waals surface area contributed by atoms with Gasteiger partial charge in [0.05, 0.1) is 0 Å². The van der Waals surface area contributed by atoms with Crippen LogP contribution in [0.2, 0.25) is 0 Å². The van der Waals surface area contributed by atoms with Gasteiger partial charge in [0, 0.05) is 35.8 Å². The quantitative estimate of drug-likeness (QED) is 0.647. The van der Waals surface area contributed by atoms with E-state index in [0.717, 1.165) is 48.4 Å². The molecule has 1 aromatic heterocycles. The van der Waals surface area contributed by atoms with Crippen LogP contribution in [0.25, 0.3) is 11.1 Å². The molecule has 0 unspecified atom stereocenters. The molecule has 3 N–H and O–H groups in total. The van der Waals surface area contributed by atoms with Crippen LogP contribution in [0.3, 0.4) is 0 Å². The summed E-state index contributed by atoms with van der Waals surface area (Å²) in [5.41, 5.74) is 9.96. The van der Waals surface area contributed by atoms with Crippen molar-refractivity contribution in [3.63, 3.8) is 0 Å². The highest BCUT2D eigenvalue weighted by Gasteiger charge is 2.17. The second-order valence-corrected chi connectivity index (χ2v) is 7.28. The minimum Gasteiger partial charge on any atom is -0.366 e. The van der Waals surface area contributed by atoms with Crippen LogP contribution < -0.4 is 11.1 Å². The Morgan fingerprint density at radius 2 is 1.69 bits per heavy atom. The number of likely N-dealkylation sites (tertiary alicyclic amines) is 1. The molecule has 0 aliphatic carbocycles. The average molecular weight is 387 g/mol. The van der Waals surface area contributed by atoms with Crippen molar-refractivity contribution in [2.75, 3.05) is 25.0 Å². The highest BCUT2D eigenvalue weighted by atomic mass is 16.1. The summed E-state index contributed by atoms with van der Waals surface area (Å²) in [5, 5.41) is 3.27. The van der Waals surface area contributed by atoms with Crippen LogP contribution in [0.1, 0.15) is 28.8 Å². The number of nitrogens with zero attached hydrogens (tertiary/aromatic N) is 3. The molecule has 1 fully saturated rings. The fourth-order valence-corrected chi connectivity index (χ4v) is 3.77. The predicted molar refractivity (Wildman–Crippen MR) is 115 cm³/mol. The molecule has 0 saturated carbocycles. The van der Waals surface area contributed by atoms with E-state index < -0.39 is 5.91 Å². The Hall–Kier alpha value is -3.25. The summed E-state index contributed by atoms with van der Waals surface area (Å²) in [7, 11) is 0. The average Bonchev–Trinajstić information content (AvgIpc) is 3.27. The smallest absolute Gasteiger partial charge is 0.249 e. The van der Waals surface area contributed by atoms with Gasteiger partial charge in [-0.15, -0.1) is 0 Å². The Kier molecular flexibility index (Phi) is 5.81. The third kappa shape index (κ3) is 4.60. The minimum absolute atomic E-state index is 0.412. The van der Waals surface area contributed by atoms with Gasteiger partial charge in [-0.05, 0) is 55.6 Å². The highest BCUT2D eigenvalue weighted by Crippen LogP contribution is 2.25. The summed E-state index contributed by atoms with van der Waals surface area (Å²) in [6.45, 7) is 3.14. The summed E-state index contributed by atoms with van der Waals surface area (Å²) in [4.78, 5) is 23.3. The van der Waals surface area contributed by atoms with E-state index in [4.69, 9.17) is 5.73 Å². The van der Waals surface area contributed by atoms with Gasteiger partial charge >= 0.3 is 0 Å². The molecule has 4 rings (SSSR count). The van der Waals surface area contributed by atoms with Crippen molar-refractivity contribution in [3.05, 3.63) is 72.1 Å². The molecule has 1 amide bonds. The molecular formula is C23H25N5O. The maximum atomic E-state index is 12.0. The molecule has 0 bridgehead atoms. The highest BCUT2D eigenvalue weighted by molar-refractivity contribution is 5.96. The Balaban J connectivity index is 1.55. The number of hydrogen-bond acceptors (Lipinski definition) is 5. The van der Waals surface area contributed by atoms with E-state index in [-0.39, 0.29) is 0 Å². The predicted octanol–water partition coefficient (Wildman–Crippen LogP) is 3.62. The van der Waals surface area contributed by atoms with Crippen LogP contribution >= 0.6 is 0 Å². The topological polar surface area (TPSA) is 84.1 Å². The second kappa shape index (κ2) is 8.84. The number of nitrogens with two attached hydrogens (primary N) is 1. The molecule has 6 heteroatoms. The zero-order chi connectivity index (χ0) is 20.1. The first-order valence-corrected chi connectivity index (χ1v) is 9.99. The molecule has 29 heavy (non-hydrogen) atoms. The van der Waals surface area contributed by atoms with E-state index in [0.29, 0.717) is 11.5 Å². The van der Waals surface area contributed by atoms with E-state index in [1.165, 1.54) is 12.8 Å². The van der Waals surface area contributed by atoms with Crippen LogP contribution in [-0.4, -0.2) is 40.4 Å². The summed E-state index contributed by atoms with van der Waals surface area (Å²) < 4.78 is 0. The molecule has 148 valence electrons. The molecule has 1 saturated heterocycles. The van der Waals surface area contributed by atoms with Crippen LogP contribution in [0, 0.1) is 0 Å². The summed E-state index contributed by atoms with van der Waals surface area (Å²) >= 11 is 0. The van der Waals surface area contributed by atoms with Crippen LogP contribution in [0.5, 0.6) is 0 Å².